The van der Waals surface area contributed by atoms with Crippen LogP contribution in [0.4, 0.5) is 5.69 Å². The highest BCUT2D eigenvalue weighted by Gasteiger charge is 2.21. The third-order valence-corrected chi connectivity index (χ3v) is 5.90. The molecule has 32 heavy (non-hydrogen) atoms. The molecule has 0 radical (unpaired) electrons. The molecule has 3 rings (SSSR count). The standard InChI is InChI=1S/C28H34N2O2/c1-5-18-30(22(3)24-11-7-6-8-12-24)21(2)19-23-10-9-13-26(20-23)29-28(31)25-14-16-27(32-4)17-15-25/h6-17,20-22H,5,18-19H2,1-4H3,(H,29,31)/t21-,22?/m1/s1. The zero-order valence-electron chi connectivity index (χ0n) is 19.5. The summed E-state index contributed by atoms with van der Waals surface area (Å²) in [4.78, 5) is 15.2. The van der Waals surface area contributed by atoms with E-state index >= 15 is 0 Å². The van der Waals surface area contributed by atoms with E-state index in [4.69, 9.17) is 4.74 Å². The number of nitrogens with zero attached hydrogens (tertiary/aromatic N) is 1. The second kappa shape index (κ2) is 11.5. The lowest BCUT2D eigenvalue weighted by molar-refractivity contribution is 0.102. The second-order valence-electron chi connectivity index (χ2n) is 8.26. The van der Waals surface area contributed by atoms with Crippen LogP contribution < -0.4 is 10.1 Å². The first kappa shape index (κ1) is 23.6. The molecule has 0 saturated carbocycles. The van der Waals surface area contributed by atoms with Crippen LogP contribution in [-0.4, -0.2) is 30.5 Å². The smallest absolute Gasteiger partial charge is 0.255 e. The lowest BCUT2D eigenvalue weighted by Crippen LogP contribution is -2.37. The number of carbonyl (C=O) groups is 1. The van der Waals surface area contributed by atoms with Crippen molar-refractivity contribution in [2.45, 2.75) is 45.7 Å². The van der Waals surface area contributed by atoms with E-state index < -0.39 is 0 Å². The van der Waals surface area contributed by atoms with Gasteiger partial charge < -0.3 is 10.1 Å². The van der Waals surface area contributed by atoms with E-state index in [1.807, 2.05) is 12.1 Å². The number of anilines is 1. The fourth-order valence-corrected chi connectivity index (χ4v) is 4.16. The number of amides is 1. The van der Waals surface area contributed by atoms with Gasteiger partial charge in [-0.25, -0.2) is 0 Å². The number of nitrogens with one attached hydrogen (secondary N) is 1. The monoisotopic (exact) mass is 430 g/mol. The van der Waals surface area contributed by atoms with Crippen LogP contribution in [0.1, 0.15) is 54.7 Å². The van der Waals surface area contributed by atoms with Crippen LogP contribution in [0, 0.1) is 0 Å². The maximum absolute atomic E-state index is 12.6. The summed E-state index contributed by atoms with van der Waals surface area (Å²) in [6, 6.07) is 26.7. The van der Waals surface area contributed by atoms with E-state index in [-0.39, 0.29) is 5.91 Å². The SMILES string of the molecule is CCCN(C(C)c1ccccc1)[C@H](C)Cc1cccc(NC(=O)c2ccc(OC)cc2)c1. The van der Waals surface area contributed by atoms with Gasteiger partial charge in [0.25, 0.3) is 5.91 Å². The molecule has 0 aliphatic heterocycles. The summed E-state index contributed by atoms with van der Waals surface area (Å²) < 4.78 is 5.17. The van der Waals surface area contributed by atoms with Crippen LogP contribution in [-0.2, 0) is 6.42 Å². The van der Waals surface area contributed by atoms with Gasteiger partial charge in [0.2, 0.25) is 0 Å². The number of benzene rings is 3. The molecule has 1 unspecified atom stereocenters. The van der Waals surface area contributed by atoms with Gasteiger partial charge in [-0.1, -0.05) is 49.4 Å². The Hall–Kier alpha value is -3.11. The van der Waals surface area contributed by atoms with Crippen LogP contribution in [0.5, 0.6) is 5.75 Å². The highest BCUT2D eigenvalue weighted by molar-refractivity contribution is 6.04. The van der Waals surface area contributed by atoms with E-state index in [1.165, 1.54) is 11.1 Å². The molecule has 0 spiro atoms. The molecule has 0 aliphatic rings. The summed E-state index contributed by atoms with van der Waals surface area (Å²) in [5, 5.41) is 3.02. The van der Waals surface area contributed by atoms with Gasteiger partial charge in [0, 0.05) is 23.3 Å². The van der Waals surface area contributed by atoms with Crippen molar-refractivity contribution in [3.63, 3.8) is 0 Å². The number of rotatable bonds is 10. The van der Waals surface area contributed by atoms with E-state index in [2.05, 4.69) is 73.5 Å². The Balaban J connectivity index is 1.68. The summed E-state index contributed by atoms with van der Waals surface area (Å²) in [7, 11) is 1.61. The Morgan fingerprint density at radius 3 is 2.34 bits per heavy atom. The third-order valence-electron chi connectivity index (χ3n) is 5.90. The summed E-state index contributed by atoms with van der Waals surface area (Å²) >= 11 is 0. The fraction of sp³-hybridized carbons (Fsp3) is 0.321. The molecule has 3 aromatic carbocycles. The summed E-state index contributed by atoms with van der Waals surface area (Å²) in [5.41, 5.74) is 3.98. The van der Waals surface area contributed by atoms with Gasteiger partial charge in [-0.15, -0.1) is 0 Å². The average molecular weight is 431 g/mol. The fourth-order valence-electron chi connectivity index (χ4n) is 4.16. The predicted molar refractivity (Wildman–Crippen MR) is 132 cm³/mol. The predicted octanol–water partition coefficient (Wildman–Crippen LogP) is 6.35. The summed E-state index contributed by atoms with van der Waals surface area (Å²) in [5.74, 6) is 0.613. The Kier molecular flexibility index (Phi) is 8.46. The molecule has 168 valence electrons. The van der Waals surface area contributed by atoms with Gasteiger partial charge >= 0.3 is 0 Å². The topological polar surface area (TPSA) is 41.6 Å². The van der Waals surface area contributed by atoms with Gasteiger partial charge in [0.15, 0.2) is 0 Å². The normalized spacial score (nSPS) is 12.9. The van der Waals surface area contributed by atoms with Crippen molar-refractivity contribution in [1.29, 1.82) is 0 Å². The van der Waals surface area contributed by atoms with Gasteiger partial charge in [-0.2, -0.15) is 0 Å². The summed E-state index contributed by atoms with van der Waals surface area (Å²) in [6.45, 7) is 7.85. The van der Waals surface area contributed by atoms with Crippen molar-refractivity contribution in [3.05, 3.63) is 95.6 Å². The molecule has 0 fully saturated rings. The Bertz CT molecular complexity index is 986. The van der Waals surface area contributed by atoms with Crippen molar-refractivity contribution < 1.29 is 9.53 Å². The van der Waals surface area contributed by atoms with Crippen LogP contribution in [0.25, 0.3) is 0 Å². The first-order valence-corrected chi connectivity index (χ1v) is 11.4. The zero-order valence-corrected chi connectivity index (χ0v) is 19.5. The maximum Gasteiger partial charge on any atom is 0.255 e. The Morgan fingerprint density at radius 1 is 0.969 bits per heavy atom. The number of ether oxygens (including phenoxy) is 1. The minimum Gasteiger partial charge on any atom is -0.497 e. The van der Waals surface area contributed by atoms with E-state index in [9.17, 15) is 4.79 Å². The van der Waals surface area contributed by atoms with E-state index in [0.29, 0.717) is 17.6 Å². The van der Waals surface area contributed by atoms with Gasteiger partial charge in [0.05, 0.1) is 7.11 Å². The Morgan fingerprint density at radius 2 is 1.69 bits per heavy atom. The minimum atomic E-state index is -0.122. The molecule has 0 heterocycles. The zero-order chi connectivity index (χ0) is 22.9. The van der Waals surface area contributed by atoms with Crippen LogP contribution in [0.2, 0.25) is 0 Å². The molecule has 1 amide bonds. The second-order valence-corrected chi connectivity index (χ2v) is 8.26. The molecule has 4 heteroatoms. The van der Waals surface area contributed by atoms with Crippen molar-refractivity contribution in [2.24, 2.45) is 0 Å². The Labute approximate surface area is 192 Å². The van der Waals surface area contributed by atoms with Crippen molar-refractivity contribution in [3.8, 4) is 5.75 Å². The molecule has 0 bridgehead atoms. The first-order valence-electron chi connectivity index (χ1n) is 11.4. The molecular weight excluding hydrogens is 396 g/mol. The highest BCUT2D eigenvalue weighted by Crippen LogP contribution is 2.25. The minimum absolute atomic E-state index is 0.122. The lowest BCUT2D eigenvalue weighted by Gasteiger charge is -2.35. The highest BCUT2D eigenvalue weighted by atomic mass is 16.5. The van der Waals surface area contributed by atoms with Crippen molar-refractivity contribution >= 4 is 11.6 Å². The van der Waals surface area contributed by atoms with Crippen LogP contribution >= 0.6 is 0 Å². The van der Waals surface area contributed by atoms with E-state index in [1.54, 1.807) is 31.4 Å². The summed E-state index contributed by atoms with van der Waals surface area (Å²) in [6.07, 6.45) is 2.03. The van der Waals surface area contributed by atoms with Gasteiger partial charge in [-0.05, 0) is 80.8 Å². The first-order chi connectivity index (χ1) is 15.5. The average Bonchev–Trinajstić information content (AvgIpc) is 2.83. The molecular formula is C28H34N2O2. The number of carbonyl (C=O) groups excluding carboxylic acids is 1. The van der Waals surface area contributed by atoms with Gasteiger partial charge in [-0.3, -0.25) is 9.69 Å². The molecule has 3 aromatic rings. The number of hydrogen-bond donors (Lipinski definition) is 1. The largest absolute Gasteiger partial charge is 0.497 e. The van der Waals surface area contributed by atoms with Gasteiger partial charge in [0.1, 0.15) is 5.75 Å². The van der Waals surface area contributed by atoms with Crippen molar-refractivity contribution in [2.75, 3.05) is 19.0 Å². The maximum atomic E-state index is 12.6. The lowest BCUT2D eigenvalue weighted by atomic mass is 10.0. The van der Waals surface area contributed by atoms with Crippen LogP contribution in [0.15, 0.2) is 78.9 Å². The molecule has 0 saturated heterocycles. The quantitative estimate of drug-likeness (QED) is 0.407. The van der Waals surface area contributed by atoms with E-state index in [0.717, 1.165) is 30.8 Å². The number of hydrogen-bond acceptors (Lipinski definition) is 3. The molecule has 1 N–H and O–H groups in total. The number of methoxy groups -OCH3 is 1. The molecule has 2 atom stereocenters. The van der Waals surface area contributed by atoms with Crippen LogP contribution in [0.3, 0.4) is 0 Å². The molecule has 4 nitrogen and oxygen atoms in total. The third kappa shape index (κ3) is 6.21. The molecule has 0 aliphatic carbocycles. The molecule has 0 aromatic heterocycles. The van der Waals surface area contributed by atoms with Crippen molar-refractivity contribution in [1.82, 2.24) is 4.90 Å².